The van der Waals surface area contributed by atoms with Crippen molar-refractivity contribution in [1.29, 1.82) is 0 Å². The number of rotatable bonds is 5. The van der Waals surface area contributed by atoms with Crippen LogP contribution in [0.4, 0.5) is 4.39 Å². The number of aryl methyl sites for hydroxylation is 1. The summed E-state index contributed by atoms with van der Waals surface area (Å²) < 4.78 is 12.8. The van der Waals surface area contributed by atoms with Crippen LogP contribution in [0.15, 0.2) is 29.6 Å². The summed E-state index contributed by atoms with van der Waals surface area (Å²) >= 11 is 1.68. The van der Waals surface area contributed by atoms with E-state index in [0.717, 1.165) is 22.7 Å². The number of benzene rings is 1. The zero-order chi connectivity index (χ0) is 13.8. The first-order chi connectivity index (χ1) is 9.04. The number of aromatic nitrogens is 1. The SMILES string of the molecule is Cc1csc(C(C)NC(C)Cc2ccc(F)cc2)n1. The molecule has 0 spiro atoms. The Hall–Kier alpha value is -1.26. The average molecular weight is 278 g/mol. The standard InChI is InChI=1S/C15H19FN2S/c1-10(8-13-4-6-14(16)7-5-13)17-12(3)15-18-11(2)9-19-15/h4-7,9-10,12,17H,8H2,1-3H3. The van der Waals surface area contributed by atoms with Gasteiger partial charge in [0.2, 0.25) is 0 Å². The maximum absolute atomic E-state index is 12.8. The van der Waals surface area contributed by atoms with Crippen molar-refractivity contribution in [1.82, 2.24) is 10.3 Å². The molecule has 0 fully saturated rings. The second kappa shape index (κ2) is 6.26. The van der Waals surface area contributed by atoms with E-state index in [4.69, 9.17) is 0 Å². The number of hydrogen-bond acceptors (Lipinski definition) is 3. The van der Waals surface area contributed by atoms with Gasteiger partial charge in [-0.2, -0.15) is 0 Å². The Labute approximate surface area is 117 Å². The molecular weight excluding hydrogens is 259 g/mol. The molecule has 0 saturated carbocycles. The minimum Gasteiger partial charge on any atom is -0.305 e. The van der Waals surface area contributed by atoms with E-state index in [-0.39, 0.29) is 11.9 Å². The van der Waals surface area contributed by atoms with Crippen LogP contribution in [0.2, 0.25) is 0 Å². The molecule has 2 aromatic rings. The van der Waals surface area contributed by atoms with E-state index >= 15 is 0 Å². The van der Waals surface area contributed by atoms with E-state index in [0.29, 0.717) is 6.04 Å². The predicted molar refractivity (Wildman–Crippen MR) is 78.0 cm³/mol. The van der Waals surface area contributed by atoms with Gasteiger partial charge in [-0.1, -0.05) is 12.1 Å². The number of nitrogens with one attached hydrogen (secondary N) is 1. The molecule has 19 heavy (non-hydrogen) atoms. The predicted octanol–water partition coefficient (Wildman–Crippen LogP) is 3.87. The van der Waals surface area contributed by atoms with Crippen molar-refractivity contribution >= 4 is 11.3 Å². The van der Waals surface area contributed by atoms with Crippen LogP contribution in [0.3, 0.4) is 0 Å². The van der Waals surface area contributed by atoms with Crippen LogP contribution in [0, 0.1) is 12.7 Å². The highest BCUT2D eigenvalue weighted by Gasteiger charge is 2.12. The van der Waals surface area contributed by atoms with Crippen LogP contribution in [-0.4, -0.2) is 11.0 Å². The van der Waals surface area contributed by atoms with Crippen molar-refractivity contribution < 1.29 is 4.39 Å². The number of thiazole rings is 1. The van der Waals surface area contributed by atoms with E-state index in [1.54, 1.807) is 11.3 Å². The van der Waals surface area contributed by atoms with Crippen molar-refractivity contribution in [2.75, 3.05) is 0 Å². The van der Waals surface area contributed by atoms with E-state index in [1.165, 1.54) is 12.1 Å². The van der Waals surface area contributed by atoms with Crippen molar-refractivity contribution in [3.05, 3.63) is 51.7 Å². The van der Waals surface area contributed by atoms with Gasteiger partial charge >= 0.3 is 0 Å². The Balaban J connectivity index is 1.90. The zero-order valence-electron chi connectivity index (χ0n) is 11.5. The molecule has 0 aliphatic carbocycles. The molecule has 0 aliphatic heterocycles. The summed E-state index contributed by atoms with van der Waals surface area (Å²) in [6.45, 7) is 6.27. The third kappa shape index (κ3) is 4.11. The first-order valence-corrected chi connectivity index (χ1v) is 7.35. The van der Waals surface area contributed by atoms with Gasteiger partial charge < -0.3 is 5.32 Å². The summed E-state index contributed by atoms with van der Waals surface area (Å²) in [6, 6.07) is 7.27. The Bertz CT molecular complexity index is 521. The lowest BCUT2D eigenvalue weighted by atomic mass is 10.1. The number of halogens is 1. The molecule has 1 aromatic heterocycles. The fourth-order valence-corrected chi connectivity index (χ4v) is 2.91. The van der Waals surface area contributed by atoms with Crippen LogP contribution in [0.1, 0.15) is 36.2 Å². The highest BCUT2D eigenvalue weighted by atomic mass is 32.1. The van der Waals surface area contributed by atoms with Crippen molar-refractivity contribution in [2.24, 2.45) is 0 Å². The fraction of sp³-hybridized carbons (Fsp3) is 0.400. The molecule has 1 N–H and O–H groups in total. The van der Waals surface area contributed by atoms with Crippen molar-refractivity contribution in [2.45, 2.75) is 39.3 Å². The van der Waals surface area contributed by atoms with E-state index in [2.05, 4.69) is 29.5 Å². The topological polar surface area (TPSA) is 24.9 Å². The van der Waals surface area contributed by atoms with Gasteiger partial charge in [0.05, 0.1) is 6.04 Å². The molecule has 1 heterocycles. The van der Waals surface area contributed by atoms with Crippen molar-refractivity contribution in [3.8, 4) is 0 Å². The average Bonchev–Trinajstić information content (AvgIpc) is 2.79. The normalized spacial score (nSPS) is 14.3. The molecule has 2 atom stereocenters. The molecule has 0 bridgehead atoms. The van der Waals surface area contributed by atoms with Gasteiger partial charge in [0.25, 0.3) is 0 Å². The van der Waals surface area contributed by atoms with Crippen LogP contribution in [0.25, 0.3) is 0 Å². The van der Waals surface area contributed by atoms with E-state index < -0.39 is 0 Å². The molecule has 2 nitrogen and oxygen atoms in total. The monoisotopic (exact) mass is 278 g/mol. The van der Waals surface area contributed by atoms with Crippen molar-refractivity contribution in [3.63, 3.8) is 0 Å². The lowest BCUT2D eigenvalue weighted by Crippen LogP contribution is -2.30. The minimum atomic E-state index is -0.184. The Morgan fingerprint density at radius 2 is 1.95 bits per heavy atom. The van der Waals surface area contributed by atoms with Gasteiger partial charge in [0.1, 0.15) is 10.8 Å². The Kier molecular flexibility index (Phi) is 4.66. The maximum atomic E-state index is 12.8. The Morgan fingerprint density at radius 1 is 1.26 bits per heavy atom. The van der Waals surface area contributed by atoms with Crippen LogP contribution >= 0.6 is 11.3 Å². The van der Waals surface area contributed by atoms with Gasteiger partial charge in [0, 0.05) is 17.1 Å². The summed E-state index contributed by atoms with van der Waals surface area (Å²) in [5.41, 5.74) is 2.21. The molecule has 0 amide bonds. The summed E-state index contributed by atoms with van der Waals surface area (Å²) in [7, 11) is 0. The van der Waals surface area contributed by atoms with Gasteiger partial charge in [0.15, 0.2) is 0 Å². The molecule has 1 aromatic carbocycles. The summed E-state index contributed by atoms with van der Waals surface area (Å²) in [4.78, 5) is 4.49. The second-order valence-corrected chi connectivity index (χ2v) is 5.84. The number of hydrogen-bond donors (Lipinski definition) is 1. The summed E-state index contributed by atoms with van der Waals surface area (Å²) in [5, 5.41) is 6.71. The highest BCUT2D eigenvalue weighted by molar-refractivity contribution is 7.09. The van der Waals surface area contributed by atoms with Gasteiger partial charge in [-0.3, -0.25) is 0 Å². The van der Waals surface area contributed by atoms with E-state index in [9.17, 15) is 4.39 Å². The summed E-state index contributed by atoms with van der Waals surface area (Å²) in [6.07, 6.45) is 0.884. The molecule has 102 valence electrons. The van der Waals surface area contributed by atoms with E-state index in [1.807, 2.05) is 19.1 Å². The fourth-order valence-electron chi connectivity index (χ4n) is 2.10. The zero-order valence-corrected chi connectivity index (χ0v) is 12.3. The number of nitrogens with zero attached hydrogens (tertiary/aromatic N) is 1. The van der Waals surface area contributed by atoms with Crippen LogP contribution < -0.4 is 5.32 Å². The largest absolute Gasteiger partial charge is 0.305 e. The third-order valence-electron chi connectivity index (χ3n) is 3.00. The molecular formula is C15H19FN2S. The maximum Gasteiger partial charge on any atom is 0.123 e. The first-order valence-electron chi connectivity index (χ1n) is 6.47. The molecule has 4 heteroatoms. The molecule has 0 saturated heterocycles. The van der Waals surface area contributed by atoms with Crippen LogP contribution in [0.5, 0.6) is 0 Å². The minimum absolute atomic E-state index is 0.184. The Morgan fingerprint density at radius 3 is 2.53 bits per heavy atom. The lowest BCUT2D eigenvalue weighted by molar-refractivity contribution is 0.475. The third-order valence-corrected chi connectivity index (χ3v) is 4.14. The second-order valence-electron chi connectivity index (χ2n) is 4.95. The molecule has 2 unspecified atom stereocenters. The smallest absolute Gasteiger partial charge is 0.123 e. The van der Waals surface area contributed by atoms with Gasteiger partial charge in [-0.25, -0.2) is 9.37 Å². The van der Waals surface area contributed by atoms with Gasteiger partial charge in [-0.05, 0) is 44.9 Å². The van der Waals surface area contributed by atoms with Gasteiger partial charge in [-0.15, -0.1) is 11.3 Å². The first kappa shape index (κ1) is 14.2. The molecule has 0 aliphatic rings. The lowest BCUT2D eigenvalue weighted by Gasteiger charge is -2.18. The quantitative estimate of drug-likeness (QED) is 0.898. The molecule has 0 radical (unpaired) electrons. The highest BCUT2D eigenvalue weighted by Crippen LogP contribution is 2.18. The van der Waals surface area contributed by atoms with Crippen LogP contribution in [-0.2, 0) is 6.42 Å². The summed E-state index contributed by atoms with van der Waals surface area (Å²) in [5.74, 6) is -0.184. The molecule has 2 rings (SSSR count).